The molecule has 2 rings (SSSR count). The second-order valence-corrected chi connectivity index (χ2v) is 6.22. The molecule has 1 nitrogen and oxygen atoms in total. The maximum Gasteiger partial charge on any atom is 0.0410 e. The van der Waals surface area contributed by atoms with Gasteiger partial charge in [-0.1, -0.05) is 11.6 Å². The molecule has 0 aliphatic carbocycles. The first-order valence-electron chi connectivity index (χ1n) is 5.34. The van der Waals surface area contributed by atoms with Crippen molar-refractivity contribution >= 4 is 45.5 Å². The molecule has 4 heteroatoms. The molecule has 0 aliphatic rings. The molecule has 1 atom stereocenters. The van der Waals surface area contributed by atoms with E-state index in [9.17, 15) is 0 Å². The van der Waals surface area contributed by atoms with E-state index in [4.69, 9.17) is 11.6 Å². The fourth-order valence-corrected chi connectivity index (χ4v) is 3.37. The number of nitrogens with one attached hydrogen (secondary N) is 1. The van der Waals surface area contributed by atoms with Crippen LogP contribution < -0.4 is 5.32 Å². The van der Waals surface area contributed by atoms with Gasteiger partial charge in [-0.3, -0.25) is 0 Å². The van der Waals surface area contributed by atoms with Gasteiger partial charge in [0.05, 0.1) is 0 Å². The average molecular weight is 378 g/mol. The molecule has 1 aromatic carbocycles. The standard InChI is InChI=1S/C13H13ClINS/c1-16-13(6-9-4-5-17-8-9)11-7-10(14)2-3-12(11)15/h2-5,7-8,13,16H,6H2,1H3. The van der Waals surface area contributed by atoms with E-state index in [1.807, 2.05) is 13.1 Å². The van der Waals surface area contributed by atoms with Crippen molar-refractivity contribution in [2.45, 2.75) is 12.5 Å². The van der Waals surface area contributed by atoms with Crippen LogP contribution in [0.3, 0.4) is 0 Å². The largest absolute Gasteiger partial charge is 0.313 e. The summed E-state index contributed by atoms with van der Waals surface area (Å²) in [6.45, 7) is 0. The number of hydrogen-bond acceptors (Lipinski definition) is 2. The van der Waals surface area contributed by atoms with Crippen molar-refractivity contribution in [3.8, 4) is 0 Å². The van der Waals surface area contributed by atoms with E-state index in [2.05, 4.69) is 56.9 Å². The van der Waals surface area contributed by atoms with Crippen LogP contribution in [0.2, 0.25) is 5.02 Å². The van der Waals surface area contributed by atoms with Crippen molar-refractivity contribution in [2.75, 3.05) is 7.05 Å². The van der Waals surface area contributed by atoms with Crippen molar-refractivity contribution < 1.29 is 0 Å². The quantitative estimate of drug-likeness (QED) is 0.773. The minimum atomic E-state index is 0.315. The molecule has 0 saturated carbocycles. The summed E-state index contributed by atoms with van der Waals surface area (Å²) in [6.07, 6.45) is 0.996. The highest BCUT2D eigenvalue weighted by Crippen LogP contribution is 2.26. The SMILES string of the molecule is CNC(Cc1ccsc1)c1cc(Cl)ccc1I. The first-order valence-corrected chi connectivity index (χ1v) is 7.74. The van der Waals surface area contributed by atoms with E-state index in [0.717, 1.165) is 11.4 Å². The molecule has 17 heavy (non-hydrogen) atoms. The summed E-state index contributed by atoms with van der Waals surface area (Å²) in [4.78, 5) is 0. The number of rotatable bonds is 4. The van der Waals surface area contributed by atoms with Gasteiger partial charge in [0.15, 0.2) is 0 Å². The Labute approximate surface area is 124 Å². The maximum absolute atomic E-state index is 6.07. The minimum Gasteiger partial charge on any atom is -0.313 e. The Morgan fingerprint density at radius 1 is 1.41 bits per heavy atom. The summed E-state index contributed by atoms with van der Waals surface area (Å²) in [7, 11) is 1.99. The number of hydrogen-bond donors (Lipinski definition) is 1. The number of benzene rings is 1. The van der Waals surface area contributed by atoms with Gasteiger partial charge >= 0.3 is 0 Å². The molecule has 0 aliphatic heterocycles. The molecule has 1 aromatic heterocycles. The van der Waals surface area contributed by atoms with Crippen molar-refractivity contribution in [3.63, 3.8) is 0 Å². The Hall–Kier alpha value is -0.100. The lowest BCUT2D eigenvalue weighted by atomic mass is 10.0. The molecule has 0 fully saturated rings. The van der Waals surface area contributed by atoms with Gasteiger partial charge in [0.25, 0.3) is 0 Å². The van der Waals surface area contributed by atoms with Crippen molar-refractivity contribution in [1.82, 2.24) is 5.32 Å². The summed E-state index contributed by atoms with van der Waals surface area (Å²) in [5.41, 5.74) is 2.64. The molecule has 2 aromatic rings. The third-order valence-electron chi connectivity index (χ3n) is 2.70. The van der Waals surface area contributed by atoms with Crippen LogP contribution in [-0.2, 0) is 6.42 Å². The van der Waals surface area contributed by atoms with Crippen LogP contribution in [-0.4, -0.2) is 7.05 Å². The van der Waals surface area contributed by atoms with Crippen LogP contribution in [0.25, 0.3) is 0 Å². The zero-order valence-corrected chi connectivity index (χ0v) is 13.1. The molecule has 0 spiro atoms. The highest BCUT2D eigenvalue weighted by Gasteiger charge is 2.13. The summed E-state index contributed by atoms with van der Waals surface area (Å²) >= 11 is 10.2. The Balaban J connectivity index is 2.25. The van der Waals surface area contributed by atoms with Gasteiger partial charge in [0, 0.05) is 14.6 Å². The van der Waals surface area contributed by atoms with Gasteiger partial charge in [-0.15, -0.1) is 0 Å². The second-order valence-electron chi connectivity index (χ2n) is 3.84. The van der Waals surface area contributed by atoms with E-state index in [0.29, 0.717) is 6.04 Å². The first kappa shape index (κ1) is 13.3. The molecule has 1 unspecified atom stereocenters. The summed E-state index contributed by atoms with van der Waals surface area (Å²) in [5.74, 6) is 0. The predicted molar refractivity (Wildman–Crippen MR) is 84.0 cm³/mol. The molecule has 0 saturated heterocycles. The van der Waals surface area contributed by atoms with Crippen LogP contribution in [0.1, 0.15) is 17.2 Å². The fraction of sp³-hybridized carbons (Fsp3) is 0.231. The van der Waals surface area contributed by atoms with E-state index < -0.39 is 0 Å². The lowest BCUT2D eigenvalue weighted by molar-refractivity contribution is 0.590. The molecule has 0 radical (unpaired) electrons. The van der Waals surface area contributed by atoms with Gasteiger partial charge in [-0.05, 0) is 82.2 Å². The molecule has 1 N–H and O–H groups in total. The third kappa shape index (κ3) is 3.44. The van der Waals surface area contributed by atoms with Crippen LogP contribution in [0, 0.1) is 3.57 Å². The Bertz CT molecular complexity index is 484. The molecule has 0 amide bonds. The number of thiophene rings is 1. The van der Waals surface area contributed by atoms with Crippen molar-refractivity contribution in [1.29, 1.82) is 0 Å². The van der Waals surface area contributed by atoms with E-state index in [1.54, 1.807) is 11.3 Å². The summed E-state index contributed by atoms with van der Waals surface area (Å²) in [6, 6.07) is 8.54. The first-order chi connectivity index (χ1) is 8.20. The molecule has 90 valence electrons. The Morgan fingerprint density at radius 2 is 2.24 bits per heavy atom. The van der Waals surface area contributed by atoms with E-state index in [-0.39, 0.29) is 0 Å². The molecule has 0 bridgehead atoms. The van der Waals surface area contributed by atoms with Gasteiger partial charge in [-0.2, -0.15) is 11.3 Å². The second kappa shape index (κ2) is 6.18. The Kier molecular flexibility index (Phi) is 4.85. The van der Waals surface area contributed by atoms with E-state index >= 15 is 0 Å². The molecule has 1 heterocycles. The Morgan fingerprint density at radius 3 is 2.88 bits per heavy atom. The minimum absolute atomic E-state index is 0.315. The van der Waals surface area contributed by atoms with E-state index in [1.165, 1.54) is 14.7 Å². The zero-order chi connectivity index (χ0) is 12.3. The number of halogens is 2. The monoisotopic (exact) mass is 377 g/mol. The normalized spacial score (nSPS) is 12.6. The van der Waals surface area contributed by atoms with Gasteiger partial charge in [0.2, 0.25) is 0 Å². The van der Waals surface area contributed by atoms with Gasteiger partial charge in [-0.25, -0.2) is 0 Å². The highest BCUT2D eigenvalue weighted by atomic mass is 127. The van der Waals surface area contributed by atoms with Crippen molar-refractivity contribution in [3.05, 3.63) is 54.7 Å². The lowest BCUT2D eigenvalue weighted by Crippen LogP contribution is -2.19. The van der Waals surface area contributed by atoms with Crippen LogP contribution >= 0.6 is 45.5 Å². The maximum atomic E-state index is 6.07. The smallest absolute Gasteiger partial charge is 0.0410 e. The van der Waals surface area contributed by atoms with Gasteiger partial charge in [0.1, 0.15) is 0 Å². The molecular weight excluding hydrogens is 365 g/mol. The highest BCUT2D eigenvalue weighted by molar-refractivity contribution is 14.1. The number of likely N-dealkylation sites (N-methyl/N-ethyl adjacent to an activating group) is 1. The summed E-state index contributed by atoms with van der Waals surface area (Å²) < 4.78 is 1.25. The van der Waals surface area contributed by atoms with Gasteiger partial charge < -0.3 is 5.32 Å². The summed E-state index contributed by atoms with van der Waals surface area (Å²) in [5, 5.41) is 8.48. The lowest BCUT2D eigenvalue weighted by Gasteiger charge is -2.18. The zero-order valence-electron chi connectivity index (χ0n) is 9.41. The van der Waals surface area contributed by atoms with Crippen LogP contribution in [0.5, 0.6) is 0 Å². The topological polar surface area (TPSA) is 12.0 Å². The third-order valence-corrected chi connectivity index (χ3v) is 4.65. The predicted octanol–water partition coefficient (Wildman–Crippen LogP) is 4.51. The van der Waals surface area contributed by atoms with Crippen LogP contribution in [0.15, 0.2) is 35.0 Å². The fourth-order valence-electron chi connectivity index (χ4n) is 1.79. The molecular formula is C13H13ClINS. The van der Waals surface area contributed by atoms with Crippen molar-refractivity contribution in [2.24, 2.45) is 0 Å². The van der Waals surface area contributed by atoms with Crippen LogP contribution in [0.4, 0.5) is 0 Å². The average Bonchev–Trinajstić information content (AvgIpc) is 2.82.